The predicted octanol–water partition coefficient (Wildman–Crippen LogP) is 1.24. The lowest BCUT2D eigenvalue weighted by Crippen LogP contribution is -2.50. The summed E-state index contributed by atoms with van der Waals surface area (Å²) in [5, 5.41) is 11.6. The molecule has 0 aromatic rings. The Morgan fingerprint density at radius 1 is 1.56 bits per heavy atom. The molecule has 0 unspecified atom stereocenters. The van der Waals surface area contributed by atoms with Gasteiger partial charge in [0, 0.05) is 0 Å². The van der Waals surface area contributed by atoms with Crippen LogP contribution in [-0.2, 0) is 14.3 Å². The van der Waals surface area contributed by atoms with Crippen LogP contribution in [0.15, 0.2) is 0 Å². The molecule has 18 heavy (non-hydrogen) atoms. The third-order valence-corrected chi connectivity index (χ3v) is 3.54. The molecule has 0 aromatic carbocycles. The Morgan fingerprint density at radius 2 is 2.11 bits per heavy atom. The average molecular weight is 252 g/mol. The number of esters is 1. The van der Waals surface area contributed by atoms with E-state index < -0.39 is 11.4 Å². The number of amides is 1. The molecule has 1 rings (SSSR count). The van der Waals surface area contributed by atoms with E-state index in [9.17, 15) is 9.59 Å². The minimum atomic E-state index is -0.934. The Kier molecular flexibility index (Phi) is 4.33. The van der Waals surface area contributed by atoms with Crippen LogP contribution in [0.2, 0.25) is 0 Å². The third kappa shape index (κ3) is 3.46. The van der Waals surface area contributed by atoms with Crippen LogP contribution in [0.5, 0.6) is 0 Å². The van der Waals surface area contributed by atoms with Crippen LogP contribution in [0.25, 0.3) is 0 Å². The second kappa shape index (κ2) is 5.38. The summed E-state index contributed by atoms with van der Waals surface area (Å²) in [6, 6.07) is 2.07. The molecule has 1 N–H and O–H groups in total. The number of nitrogens with zero attached hydrogens (tertiary/aromatic N) is 1. The van der Waals surface area contributed by atoms with Crippen LogP contribution in [0.3, 0.4) is 0 Å². The van der Waals surface area contributed by atoms with Gasteiger partial charge in [0.2, 0.25) is 0 Å². The number of hydrogen-bond donors (Lipinski definition) is 1. The quantitative estimate of drug-likeness (QED) is 0.747. The van der Waals surface area contributed by atoms with Gasteiger partial charge in [-0.05, 0) is 25.2 Å². The van der Waals surface area contributed by atoms with Crippen molar-refractivity contribution in [2.45, 2.75) is 39.7 Å². The summed E-state index contributed by atoms with van der Waals surface area (Å²) >= 11 is 0. The maximum absolute atomic E-state index is 11.6. The lowest BCUT2D eigenvalue weighted by atomic mass is 9.90. The van der Waals surface area contributed by atoms with E-state index in [1.165, 1.54) is 0 Å². The minimum absolute atomic E-state index is 0.0226. The molecule has 0 bridgehead atoms. The van der Waals surface area contributed by atoms with Gasteiger partial charge in [-0.25, -0.2) is 0 Å². The van der Waals surface area contributed by atoms with Crippen LogP contribution in [-0.4, -0.2) is 24.0 Å². The third-order valence-electron chi connectivity index (χ3n) is 3.54. The molecule has 5 nitrogen and oxygen atoms in total. The largest absolute Gasteiger partial charge is 0.455 e. The van der Waals surface area contributed by atoms with Crippen molar-refractivity contribution in [1.29, 1.82) is 5.26 Å². The summed E-state index contributed by atoms with van der Waals surface area (Å²) in [5.41, 5.74) is -0.934. The highest BCUT2D eigenvalue weighted by Crippen LogP contribution is 2.38. The molecular formula is C13H20N2O3. The van der Waals surface area contributed by atoms with Gasteiger partial charge in [0.1, 0.15) is 5.54 Å². The van der Waals surface area contributed by atoms with E-state index in [1.807, 2.05) is 20.8 Å². The van der Waals surface area contributed by atoms with Crippen molar-refractivity contribution in [3.8, 4) is 6.07 Å². The topological polar surface area (TPSA) is 79.2 Å². The zero-order chi connectivity index (χ0) is 13.9. The first-order valence-corrected chi connectivity index (χ1v) is 6.19. The molecule has 0 saturated heterocycles. The number of nitrogens with one attached hydrogen (secondary N) is 1. The highest BCUT2D eigenvalue weighted by molar-refractivity contribution is 5.83. The maximum Gasteiger partial charge on any atom is 0.309 e. The molecule has 5 heteroatoms. The van der Waals surface area contributed by atoms with Crippen molar-refractivity contribution in [2.24, 2.45) is 17.8 Å². The van der Waals surface area contributed by atoms with Gasteiger partial charge in [-0.1, -0.05) is 20.8 Å². The molecule has 0 aliphatic heterocycles. The fourth-order valence-corrected chi connectivity index (χ4v) is 1.52. The summed E-state index contributed by atoms with van der Waals surface area (Å²) < 4.78 is 4.91. The summed E-state index contributed by atoms with van der Waals surface area (Å²) in [6.07, 6.45) is 0.836. The summed E-state index contributed by atoms with van der Waals surface area (Å²) in [6.45, 7) is 7.01. The molecule has 100 valence electrons. The monoisotopic (exact) mass is 252 g/mol. The number of nitriles is 1. The standard InChI is InChI=1S/C13H20N2O3/c1-8(2)13(4,7-14)15-11(16)6-18-12(17)10-5-9(10)3/h8-10H,5-6H2,1-4H3,(H,15,16)/t9-,10-,13-/m1/s1. The Labute approximate surface area is 107 Å². The summed E-state index contributed by atoms with van der Waals surface area (Å²) in [4.78, 5) is 23.0. The molecule has 0 heterocycles. The Balaban J connectivity index is 2.38. The van der Waals surface area contributed by atoms with Gasteiger partial charge >= 0.3 is 5.97 Å². The smallest absolute Gasteiger partial charge is 0.309 e. The second-order valence-electron chi connectivity index (χ2n) is 5.44. The van der Waals surface area contributed by atoms with E-state index in [4.69, 9.17) is 10.00 Å². The van der Waals surface area contributed by atoms with Gasteiger partial charge in [0.15, 0.2) is 6.61 Å². The number of carbonyl (C=O) groups is 2. The minimum Gasteiger partial charge on any atom is -0.455 e. The first kappa shape index (κ1) is 14.5. The van der Waals surface area contributed by atoms with E-state index in [0.29, 0.717) is 5.92 Å². The highest BCUT2D eigenvalue weighted by atomic mass is 16.5. The molecule has 1 fully saturated rings. The molecule has 1 amide bonds. The van der Waals surface area contributed by atoms with E-state index >= 15 is 0 Å². The van der Waals surface area contributed by atoms with Crippen molar-refractivity contribution in [3.63, 3.8) is 0 Å². The van der Waals surface area contributed by atoms with Gasteiger partial charge in [0.25, 0.3) is 5.91 Å². The maximum atomic E-state index is 11.6. The van der Waals surface area contributed by atoms with Crippen molar-refractivity contribution < 1.29 is 14.3 Å². The van der Waals surface area contributed by atoms with Gasteiger partial charge in [-0.3, -0.25) is 9.59 Å². The Bertz CT molecular complexity index is 386. The highest BCUT2D eigenvalue weighted by Gasteiger charge is 2.40. The fourth-order valence-electron chi connectivity index (χ4n) is 1.52. The van der Waals surface area contributed by atoms with Crippen LogP contribution in [0, 0.1) is 29.1 Å². The van der Waals surface area contributed by atoms with E-state index in [0.717, 1.165) is 6.42 Å². The lowest BCUT2D eigenvalue weighted by Gasteiger charge is -2.27. The lowest BCUT2D eigenvalue weighted by molar-refractivity contribution is -0.150. The summed E-state index contributed by atoms with van der Waals surface area (Å²) in [5.74, 6) is -0.466. The van der Waals surface area contributed by atoms with Crippen molar-refractivity contribution in [3.05, 3.63) is 0 Å². The number of hydrogen-bond acceptors (Lipinski definition) is 4. The van der Waals surface area contributed by atoms with Gasteiger partial charge in [0.05, 0.1) is 12.0 Å². The van der Waals surface area contributed by atoms with Crippen LogP contribution < -0.4 is 5.32 Å². The van der Waals surface area contributed by atoms with Crippen LogP contribution in [0.4, 0.5) is 0 Å². The van der Waals surface area contributed by atoms with E-state index in [2.05, 4.69) is 11.4 Å². The summed E-state index contributed by atoms with van der Waals surface area (Å²) in [7, 11) is 0. The van der Waals surface area contributed by atoms with Crippen LogP contribution in [0.1, 0.15) is 34.1 Å². The van der Waals surface area contributed by atoms with Gasteiger partial charge in [-0.2, -0.15) is 5.26 Å². The predicted molar refractivity (Wildman–Crippen MR) is 65.2 cm³/mol. The molecule has 3 atom stereocenters. The Morgan fingerprint density at radius 3 is 2.50 bits per heavy atom. The Hall–Kier alpha value is -1.57. The van der Waals surface area contributed by atoms with E-state index in [-0.39, 0.29) is 24.4 Å². The second-order valence-corrected chi connectivity index (χ2v) is 5.44. The first-order chi connectivity index (χ1) is 8.30. The first-order valence-electron chi connectivity index (χ1n) is 6.19. The number of rotatable bonds is 5. The molecule has 0 aromatic heterocycles. The number of ether oxygens (including phenoxy) is 1. The normalized spacial score (nSPS) is 24.9. The van der Waals surface area contributed by atoms with Crippen molar-refractivity contribution >= 4 is 11.9 Å². The fraction of sp³-hybridized carbons (Fsp3) is 0.769. The zero-order valence-corrected chi connectivity index (χ0v) is 11.3. The van der Waals surface area contributed by atoms with Gasteiger partial charge in [-0.15, -0.1) is 0 Å². The number of carbonyl (C=O) groups excluding carboxylic acids is 2. The SMILES string of the molecule is CC(C)[C@@](C)(C#N)NC(=O)COC(=O)[C@@H]1C[C@H]1C. The van der Waals surface area contributed by atoms with Gasteiger partial charge < -0.3 is 10.1 Å². The molecular weight excluding hydrogens is 232 g/mol. The molecule has 1 saturated carbocycles. The van der Waals surface area contributed by atoms with Crippen molar-refractivity contribution in [1.82, 2.24) is 5.32 Å². The van der Waals surface area contributed by atoms with E-state index in [1.54, 1.807) is 6.92 Å². The van der Waals surface area contributed by atoms with Crippen molar-refractivity contribution in [2.75, 3.05) is 6.61 Å². The zero-order valence-electron chi connectivity index (χ0n) is 11.3. The molecule has 0 radical (unpaired) electrons. The average Bonchev–Trinajstić information content (AvgIpc) is 3.03. The molecule has 0 spiro atoms. The molecule has 1 aliphatic rings. The van der Waals surface area contributed by atoms with Crippen LogP contribution >= 0.6 is 0 Å². The molecule has 1 aliphatic carbocycles.